The van der Waals surface area contributed by atoms with Crippen LogP contribution in [0.25, 0.3) is 16.7 Å². The third-order valence-electron chi connectivity index (χ3n) is 3.98. The van der Waals surface area contributed by atoms with Crippen LogP contribution in [-0.4, -0.2) is 40.9 Å². The highest BCUT2D eigenvalue weighted by Gasteiger charge is 2.21. The average molecular weight is 384 g/mol. The lowest BCUT2D eigenvalue weighted by molar-refractivity contribution is -0.119. The molecule has 0 bridgehead atoms. The Morgan fingerprint density at radius 2 is 1.85 bits per heavy atom. The highest BCUT2D eigenvalue weighted by molar-refractivity contribution is 8.00. The van der Waals surface area contributed by atoms with E-state index in [4.69, 9.17) is 4.74 Å². The molecule has 8 heteroatoms. The first kappa shape index (κ1) is 18.8. The van der Waals surface area contributed by atoms with E-state index in [0.29, 0.717) is 5.16 Å². The summed E-state index contributed by atoms with van der Waals surface area (Å²) >= 11 is 1.29. The molecule has 1 aromatic heterocycles. The van der Waals surface area contributed by atoms with Gasteiger partial charge in [-0.2, -0.15) is 0 Å². The molecule has 1 atom stereocenters. The van der Waals surface area contributed by atoms with Crippen molar-refractivity contribution in [1.29, 1.82) is 0 Å². The molecule has 0 aliphatic carbocycles. The van der Waals surface area contributed by atoms with Gasteiger partial charge in [0.25, 0.3) is 0 Å². The van der Waals surface area contributed by atoms with Gasteiger partial charge in [0.1, 0.15) is 5.75 Å². The molecule has 140 valence electrons. The van der Waals surface area contributed by atoms with Crippen LogP contribution in [0.3, 0.4) is 0 Å². The van der Waals surface area contributed by atoms with Crippen LogP contribution < -0.4 is 15.4 Å². The van der Waals surface area contributed by atoms with Gasteiger partial charge in [-0.15, -0.1) is 0 Å². The molecule has 7 nitrogen and oxygen atoms in total. The lowest BCUT2D eigenvalue weighted by atomic mass is 10.2. The molecule has 3 aromatic rings. The van der Waals surface area contributed by atoms with Crippen LogP contribution in [0.5, 0.6) is 5.75 Å². The standard InChI is InChI=1S/C19H20N4O3S/c1-12(17(24)22-18(25)20-2)27-19-21-15-6-4-5-7-16(15)23(19)13-8-10-14(26-3)11-9-13/h4-12H,1-3H3,(H2,20,22,24,25)/t12-/m1/s1. The number of hydrogen-bond donors (Lipinski definition) is 2. The van der Waals surface area contributed by atoms with Crippen LogP contribution >= 0.6 is 11.8 Å². The summed E-state index contributed by atoms with van der Waals surface area (Å²) < 4.78 is 7.22. The van der Waals surface area contributed by atoms with Crippen LogP contribution in [0.2, 0.25) is 0 Å². The predicted molar refractivity (Wildman–Crippen MR) is 106 cm³/mol. The first-order valence-electron chi connectivity index (χ1n) is 8.34. The Labute approximate surface area is 161 Å². The van der Waals surface area contributed by atoms with E-state index in [1.165, 1.54) is 18.8 Å². The Hall–Kier alpha value is -3.00. The second kappa shape index (κ2) is 8.13. The summed E-state index contributed by atoms with van der Waals surface area (Å²) in [5.74, 6) is 0.378. The van der Waals surface area contributed by atoms with Crippen molar-refractivity contribution in [3.05, 3.63) is 48.5 Å². The number of para-hydroxylation sites is 2. The summed E-state index contributed by atoms with van der Waals surface area (Å²) in [7, 11) is 3.08. The van der Waals surface area contributed by atoms with Crippen LogP contribution in [-0.2, 0) is 4.79 Å². The van der Waals surface area contributed by atoms with E-state index in [1.807, 2.05) is 53.1 Å². The number of aromatic nitrogens is 2. The van der Waals surface area contributed by atoms with E-state index in [0.717, 1.165) is 22.5 Å². The van der Waals surface area contributed by atoms with Crippen molar-refractivity contribution in [2.45, 2.75) is 17.3 Å². The zero-order chi connectivity index (χ0) is 19.4. The van der Waals surface area contributed by atoms with Crippen molar-refractivity contribution < 1.29 is 14.3 Å². The van der Waals surface area contributed by atoms with Gasteiger partial charge in [-0.05, 0) is 43.3 Å². The number of methoxy groups -OCH3 is 1. The summed E-state index contributed by atoms with van der Waals surface area (Å²) in [4.78, 5) is 28.3. The molecule has 0 unspecified atom stereocenters. The van der Waals surface area contributed by atoms with Gasteiger partial charge in [0.2, 0.25) is 5.91 Å². The molecule has 27 heavy (non-hydrogen) atoms. The van der Waals surface area contributed by atoms with Gasteiger partial charge in [-0.25, -0.2) is 9.78 Å². The summed E-state index contributed by atoms with van der Waals surface area (Å²) in [6.45, 7) is 1.74. The van der Waals surface area contributed by atoms with Crippen LogP contribution in [0, 0.1) is 0 Å². The maximum atomic E-state index is 12.2. The molecular weight excluding hydrogens is 364 g/mol. The molecule has 0 fully saturated rings. The Balaban J connectivity index is 1.97. The van der Waals surface area contributed by atoms with Gasteiger partial charge < -0.3 is 10.1 Å². The fourth-order valence-electron chi connectivity index (χ4n) is 2.55. The number of imide groups is 1. The molecule has 1 heterocycles. The van der Waals surface area contributed by atoms with Crippen molar-refractivity contribution in [1.82, 2.24) is 20.2 Å². The van der Waals surface area contributed by atoms with Crippen molar-refractivity contribution in [2.75, 3.05) is 14.2 Å². The number of nitrogens with zero attached hydrogens (tertiary/aromatic N) is 2. The van der Waals surface area contributed by atoms with Crippen LogP contribution in [0.4, 0.5) is 4.79 Å². The van der Waals surface area contributed by atoms with E-state index >= 15 is 0 Å². The molecule has 0 aliphatic heterocycles. The minimum absolute atomic E-state index is 0.382. The lowest BCUT2D eigenvalue weighted by Crippen LogP contribution is -2.41. The van der Waals surface area contributed by atoms with Gasteiger partial charge in [-0.1, -0.05) is 23.9 Å². The monoisotopic (exact) mass is 384 g/mol. The number of thioether (sulfide) groups is 1. The molecule has 3 rings (SSSR count). The Kier molecular flexibility index (Phi) is 5.66. The highest BCUT2D eigenvalue weighted by atomic mass is 32.2. The van der Waals surface area contributed by atoms with Gasteiger partial charge in [0, 0.05) is 12.7 Å². The van der Waals surface area contributed by atoms with Crippen molar-refractivity contribution in [3.8, 4) is 11.4 Å². The molecule has 0 saturated carbocycles. The van der Waals surface area contributed by atoms with E-state index in [-0.39, 0.29) is 5.91 Å². The number of carbonyl (C=O) groups excluding carboxylic acids is 2. The second-order valence-corrected chi connectivity index (χ2v) is 7.05. The summed E-state index contributed by atoms with van der Waals surface area (Å²) in [6, 6.07) is 14.9. The average Bonchev–Trinajstić information content (AvgIpc) is 3.05. The topological polar surface area (TPSA) is 85.3 Å². The summed E-state index contributed by atoms with van der Waals surface area (Å²) in [6.07, 6.45) is 0. The second-order valence-electron chi connectivity index (χ2n) is 5.74. The van der Waals surface area contributed by atoms with E-state index in [1.54, 1.807) is 14.0 Å². The summed E-state index contributed by atoms with van der Waals surface area (Å²) in [5.41, 5.74) is 2.67. The van der Waals surface area contributed by atoms with E-state index in [2.05, 4.69) is 15.6 Å². The number of nitrogens with one attached hydrogen (secondary N) is 2. The van der Waals surface area contributed by atoms with Crippen molar-refractivity contribution in [3.63, 3.8) is 0 Å². The Morgan fingerprint density at radius 3 is 2.52 bits per heavy atom. The van der Waals surface area contributed by atoms with Crippen molar-refractivity contribution in [2.24, 2.45) is 0 Å². The Morgan fingerprint density at radius 1 is 1.15 bits per heavy atom. The molecule has 0 spiro atoms. The third kappa shape index (κ3) is 4.06. The molecular formula is C19H20N4O3S. The number of hydrogen-bond acceptors (Lipinski definition) is 5. The molecule has 2 aromatic carbocycles. The third-order valence-corrected chi connectivity index (χ3v) is 5.03. The maximum Gasteiger partial charge on any atom is 0.321 e. The lowest BCUT2D eigenvalue weighted by Gasteiger charge is -2.13. The van der Waals surface area contributed by atoms with Gasteiger partial charge in [0.15, 0.2) is 5.16 Å². The van der Waals surface area contributed by atoms with Gasteiger partial charge >= 0.3 is 6.03 Å². The zero-order valence-corrected chi connectivity index (χ0v) is 16.0. The van der Waals surface area contributed by atoms with Crippen LogP contribution in [0.15, 0.2) is 53.7 Å². The number of ether oxygens (including phenoxy) is 1. The molecule has 0 aliphatic rings. The quantitative estimate of drug-likeness (QED) is 0.661. The van der Waals surface area contributed by atoms with Crippen LogP contribution in [0.1, 0.15) is 6.92 Å². The normalized spacial score (nSPS) is 11.8. The number of urea groups is 1. The van der Waals surface area contributed by atoms with Crippen molar-refractivity contribution >= 4 is 34.7 Å². The van der Waals surface area contributed by atoms with Gasteiger partial charge in [-0.3, -0.25) is 14.7 Å². The fourth-order valence-corrected chi connectivity index (χ4v) is 3.49. The number of rotatable bonds is 5. The van der Waals surface area contributed by atoms with E-state index < -0.39 is 11.3 Å². The number of imidazole rings is 1. The van der Waals surface area contributed by atoms with Gasteiger partial charge in [0.05, 0.1) is 23.4 Å². The zero-order valence-electron chi connectivity index (χ0n) is 15.2. The first-order chi connectivity index (χ1) is 13.0. The molecule has 2 N–H and O–H groups in total. The SMILES string of the molecule is CNC(=O)NC(=O)[C@@H](C)Sc1nc2ccccc2n1-c1ccc(OC)cc1. The smallest absolute Gasteiger partial charge is 0.321 e. The number of benzene rings is 2. The fraction of sp³-hybridized carbons (Fsp3) is 0.211. The largest absolute Gasteiger partial charge is 0.497 e. The Bertz CT molecular complexity index is 969. The maximum absolute atomic E-state index is 12.2. The molecule has 0 saturated heterocycles. The minimum atomic E-state index is -0.531. The summed E-state index contributed by atoms with van der Waals surface area (Å²) in [5, 5.41) is 4.83. The number of fused-ring (bicyclic) bond motifs is 1. The number of carbonyl (C=O) groups is 2. The minimum Gasteiger partial charge on any atom is -0.497 e. The van der Waals surface area contributed by atoms with E-state index in [9.17, 15) is 9.59 Å². The number of amides is 3. The molecule has 0 radical (unpaired) electrons. The predicted octanol–water partition coefficient (Wildman–Crippen LogP) is 2.97. The first-order valence-corrected chi connectivity index (χ1v) is 9.22. The highest BCUT2D eigenvalue weighted by Crippen LogP contribution is 2.31. The molecule has 3 amide bonds.